The second kappa shape index (κ2) is 9.31. The Hall–Kier alpha value is -5.13. The number of halogens is 3. The highest BCUT2D eigenvalue weighted by Gasteiger charge is 2.32. The van der Waals surface area contributed by atoms with E-state index in [4.69, 9.17) is 0 Å². The molecule has 0 radical (unpaired) electrons. The zero-order valence-corrected chi connectivity index (χ0v) is 20.5. The number of imide groups is 1. The number of urea groups is 1. The number of rotatable bonds is 4. The molecule has 1 aliphatic heterocycles. The van der Waals surface area contributed by atoms with Crippen molar-refractivity contribution in [1.29, 1.82) is 0 Å². The second-order valence-electron chi connectivity index (χ2n) is 9.00. The molecular formula is C27H20F3N5O4. The molecule has 39 heavy (non-hydrogen) atoms. The first kappa shape index (κ1) is 25.5. The average molecular weight is 535 g/mol. The van der Waals surface area contributed by atoms with Crippen LogP contribution < -0.4 is 10.6 Å². The fourth-order valence-corrected chi connectivity index (χ4v) is 4.34. The van der Waals surface area contributed by atoms with E-state index in [0.717, 1.165) is 23.3 Å². The van der Waals surface area contributed by atoms with Gasteiger partial charge in [0.25, 0.3) is 5.91 Å². The number of alkyl halides is 3. The highest BCUT2D eigenvalue weighted by atomic mass is 19.4. The number of amides is 3. The number of phenolic OH excluding ortho intramolecular Hbond substituents is 1. The molecule has 12 heteroatoms. The molecule has 0 unspecified atom stereocenters. The maximum Gasteiger partial charge on any atom is 0.416 e. The topological polar surface area (TPSA) is 128 Å². The molecule has 4 aromatic rings. The summed E-state index contributed by atoms with van der Waals surface area (Å²) in [4.78, 5) is 23.0. The molecule has 0 saturated carbocycles. The molecule has 198 valence electrons. The summed E-state index contributed by atoms with van der Waals surface area (Å²) in [6.45, 7) is 3.66. The third-order valence-electron chi connectivity index (χ3n) is 6.00. The van der Waals surface area contributed by atoms with Gasteiger partial charge in [0, 0.05) is 11.1 Å². The van der Waals surface area contributed by atoms with E-state index in [1.54, 1.807) is 12.1 Å². The van der Waals surface area contributed by atoms with E-state index in [0.29, 0.717) is 11.3 Å². The van der Waals surface area contributed by atoms with Gasteiger partial charge in [0.2, 0.25) is 5.88 Å². The van der Waals surface area contributed by atoms with Gasteiger partial charge in [-0.25, -0.2) is 4.79 Å². The number of benzene rings is 3. The summed E-state index contributed by atoms with van der Waals surface area (Å²) in [5.41, 5.74) is 1.60. The summed E-state index contributed by atoms with van der Waals surface area (Å²) in [7, 11) is 0. The summed E-state index contributed by atoms with van der Waals surface area (Å²) >= 11 is 0. The molecular weight excluding hydrogens is 515 g/mol. The normalized spacial score (nSPS) is 14.9. The summed E-state index contributed by atoms with van der Waals surface area (Å²) in [6.07, 6.45) is -3.25. The van der Waals surface area contributed by atoms with Gasteiger partial charge in [0.15, 0.2) is 5.69 Å². The van der Waals surface area contributed by atoms with Crippen LogP contribution in [0.15, 0.2) is 70.5 Å². The predicted octanol–water partition coefficient (Wildman–Crippen LogP) is 6.27. The van der Waals surface area contributed by atoms with Gasteiger partial charge in [0.05, 0.1) is 11.1 Å². The van der Waals surface area contributed by atoms with Crippen molar-refractivity contribution in [3.05, 3.63) is 82.5 Å². The number of hydrogen-bond acceptors (Lipinski definition) is 6. The van der Waals surface area contributed by atoms with Crippen LogP contribution >= 0.6 is 0 Å². The molecule has 2 heterocycles. The molecule has 0 bridgehead atoms. The molecule has 1 aliphatic rings. The van der Waals surface area contributed by atoms with Crippen molar-refractivity contribution in [3.8, 4) is 17.3 Å². The number of aromatic hydroxyl groups is 2. The van der Waals surface area contributed by atoms with E-state index >= 15 is 0 Å². The fourth-order valence-electron chi connectivity index (χ4n) is 4.34. The Bertz CT molecular complexity index is 1720. The van der Waals surface area contributed by atoms with E-state index in [1.165, 1.54) is 34.9 Å². The Labute approximate surface area is 218 Å². The maximum atomic E-state index is 13.5. The largest absolute Gasteiger partial charge is 0.506 e. The summed E-state index contributed by atoms with van der Waals surface area (Å²) in [5.74, 6) is -1.37. The van der Waals surface area contributed by atoms with Gasteiger partial charge in [-0.1, -0.05) is 12.1 Å². The molecule has 0 atom stereocenters. The lowest BCUT2D eigenvalue weighted by atomic mass is 10.1. The SMILES string of the molecule is Cc1cc(C)cc(-n2c(O)c(N=Nc3ccc(/C=C4/NC(=O)NC4=O)cc3O)c3ccc(C(F)(F)F)cc32)c1. The molecule has 4 N–H and O–H groups in total. The standard InChI is InChI=1S/C27H20F3N5O4/c1-13-7-14(2)9-17(8-13)35-21-12-16(27(28,29)30)4-5-18(21)23(25(35)38)34-33-19-6-3-15(11-22(19)36)10-20-24(37)32-26(39)31-20/h3-12,36,38H,1-2H3,(H2,31,32,37,39)/b20-10+,34-33?. The molecule has 1 saturated heterocycles. The van der Waals surface area contributed by atoms with Gasteiger partial charge in [-0.05, 0) is 79.1 Å². The van der Waals surface area contributed by atoms with Crippen LogP contribution in [0.1, 0.15) is 22.3 Å². The minimum atomic E-state index is -4.60. The fraction of sp³-hybridized carbons (Fsp3) is 0.111. The lowest BCUT2D eigenvalue weighted by Crippen LogP contribution is -2.22. The highest BCUT2D eigenvalue weighted by molar-refractivity contribution is 6.14. The van der Waals surface area contributed by atoms with Crippen LogP contribution in [-0.4, -0.2) is 26.7 Å². The van der Waals surface area contributed by atoms with Crippen LogP contribution in [0.5, 0.6) is 11.6 Å². The van der Waals surface area contributed by atoms with Crippen molar-refractivity contribution in [2.24, 2.45) is 10.2 Å². The number of nitrogens with zero attached hydrogens (tertiary/aromatic N) is 3. The van der Waals surface area contributed by atoms with Crippen LogP contribution in [0, 0.1) is 13.8 Å². The lowest BCUT2D eigenvalue weighted by molar-refractivity contribution is -0.137. The van der Waals surface area contributed by atoms with Gasteiger partial charge in [-0.15, -0.1) is 10.2 Å². The Morgan fingerprint density at radius 1 is 0.897 bits per heavy atom. The second-order valence-corrected chi connectivity index (χ2v) is 9.00. The summed E-state index contributed by atoms with van der Waals surface area (Å²) in [6, 6.07) is 11.9. The first-order chi connectivity index (χ1) is 18.4. The number of hydrogen-bond donors (Lipinski definition) is 4. The van der Waals surface area contributed by atoms with E-state index < -0.39 is 29.6 Å². The Balaban J connectivity index is 1.59. The number of phenols is 1. The maximum absolute atomic E-state index is 13.5. The smallest absolute Gasteiger partial charge is 0.416 e. The van der Waals surface area contributed by atoms with E-state index in [-0.39, 0.29) is 33.7 Å². The first-order valence-electron chi connectivity index (χ1n) is 11.5. The first-order valence-corrected chi connectivity index (χ1v) is 11.5. The molecule has 0 aliphatic carbocycles. The van der Waals surface area contributed by atoms with Crippen LogP contribution in [0.3, 0.4) is 0 Å². The number of aryl methyl sites for hydroxylation is 2. The monoisotopic (exact) mass is 535 g/mol. The van der Waals surface area contributed by atoms with Crippen LogP contribution in [-0.2, 0) is 11.0 Å². The number of fused-ring (bicyclic) bond motifs is 1. The number of aromatic nitrogens is 1. The number of carbonyl (C=O) groups is 2. The quantitative estimate of drug-likeness (QED) is 0.139. The van der Waals surface area contributed by atoms with Gasteiger partial charge in [-0.3, -0.25) is 14.7 Å². The lowest BCUT2D eigenvalue weighted by Gasteiger charge is -2.11. The average Bonchev–Trinajstić information content (AvgIpc) is 3.30. The number of carbonyl (C=O) groups excluding carboxylic acids is 2. The molecule has 3 amide bonds. The molecule has 0 spiro atoms. The summed E-state index contributed by atoms with van der Waals surface area (Å²) < 4.78 is 41.8. The van der Waals surface area contributed by atoms with Crippen molar-refractivity contribution in [3.63, 3.8) is 0 Å². The molecule has 5 rings (SSSR count). The number of nitrogens with one attached hydrogen (secondary N) is 2. The third-order valence-corrected chi connectivity index (χ3v) is 6.00. The zero-order chi connectivity index (χ0) is 28.1. The molecule has 1 aromatic heterocycles. The van der Waals surface area contributed by atoms with Crippen molar-refractivity contribution >= 4 is 40.3 Å². The van der Waals surface area contributed by atoms with Crippen LogP contribution in [0.2, 0.25) is 0 Å². The van der Waals surface area contributed by atoms with Crippen molar-refractivity contribution in [1.82, 2.24) is 15.2 Å². The van der Waals surface area contributed by atoms with Crippen LogP contribution in [0.25, 0.3) is 22.7 Å². The molecule has 3 aromatic carbocycles. The van der Waals surface area contributed by atoms with Crippen molar-refractivity contribution in [2.45, 2.75) is 20.0 Å². The van der Waals surface area contributed by atoms with E-state index in [2.05, 4.69) is 20.9 Å². The van der Waals surface area contributed by atoms with Crippen molar-refractivity contribution < 1.29 is 33.0 Å². The Kier molecular flexibility index (Phi) is 6.09. The molecule has 1 fully saturated rings. The van der Waals surface area contributed by atoms with E-state index in [1.807, 2.05) is 19.9 Å². The number of azo groups is 1. The van der Waals surface area contributed by atoms with Gasteiger partial charge < -0.3 is 15.5 Å². The highest BCUT2D eigenvalue weighted by Crippen LogP contribution is 2.44. The van der Waals surface area contributed by atoms with Crippen molar-refractivity contribution in [2.75, 3.05) is 0 Å². The third kappa shape index (κ3) is 4.91. The minimum Gasteiger partial charge on any atom is -0.506 e. The summed E-state index contributed by atoms with van der Waals surface area (Å²) in [5, 5.41) is 34.3. The predicted molar refractivity (Wildman–Crippen MR) is 136 cm³/mol. The van der Waals surface area contributed by atoms with Gasteiger partial charge in [-0.2, -0.15) is 13.2 Å². The Morgan fingerprint density at radius 2 is 1.62 bits per heavy atom. The van der Waals surface area contributed by atoms with Gasteiger partial charge >= 0.3 is 12.2 Å². The minimum absolute atomic E-state index is 0.00359. The molecule has 9 nitrogen and oxygen atoms in total. The van der Waals surface area contributed by atoms with E-state index in [9.17, 15) is 33.0 Å². The zero-order valence-electron chi connectivity index (χ0n) is 20.5. The van der Waals surface area contributed by atoms with Crippen LogP contribution in [0.4, 0.5) is 29.3 Å². The Morgan fingerprint density at radius 3 is 2.23 bits per heavy atom. The van der Waals surface area contributed by atoms with Gasteiger partial charge in [0.1, 0.15) is 17.1 Å².